The number of aryl methyl sites for hydroxylation is 1. The van der Waals surface area contributed by atoms with E-state index < -0.39 is 6.10 Å². The first kappa shape index (κ1) is 14.3. The van der Waals surface area contributed by atoms with Gasteiger partial charge in [0.05, 0.1) is 18.9 Å². The lowest BCUT2D eigenvalue weighted by atomic mass is 10.1. The van der Waals surface area contributed by atoms with Gasteiger partial charge in [-0.15, -0.1) is 0 Å². The zero-order valence-corrected chi connectivity index (χ0v) is 12.0. The number of aromatic nitrogens is 1. The molecule has 0 saturated carbocycles. The first-order valence-corrected chi connectivity index (χ1v) is 6.51. The van der Waals surface area contributed by atoms with E-state index in [1.54, 1.807) is 32.4 Å². The highest BCUT2D eigenvalue weighted by atomic mass is 16.5. The first-order valence-electron chi connectivity index (χ1n) is 6.51. The Morgan fingerprint density at radius 1 is 1.30 bits per heavy atom. The van der Waals surface area contributed by atoms with Crippen LogP contribution in [0.25, 0.3) is 0 Å². The fraction of sp³-hybridized carbons (Fsp3) is 0.312. The highest BCUT2D eigenvalue weighted by molar-refractivity contribution is 5.42. The van der Waals surface area contributed by atoms with Gasteiger partial charge in [0.25, 0.3) is 0 Å². The number of rotatable bonds is 5. The lowest BCUT2D eigenvalue weighted by Crippen LogP contribution is -2.04. The van der Waals surface area contributed by atoms with Gasteiger partial charge in [-0.2, -0.15) is 0 Å². The van der Waals surface area contributed by atoms with Crippen LogP contribution in [-0.2, 0) is 6.61 Å². The second-order valence-electron chi connectivity index (χ2n) is 4.64. The third-order valence-corrected chi connectivity index (χ3v) is 3.15. The van der Waals surface area contributed by atoms with E-state index in [2.05, 4.69) is 4.98 Å². The monoisotopic (exact) mass is 273 g/mol. The number of nitrogens with zero attached hydrogens (tertiary/aromatic N) is 1. The summed E-state index contributed by atoms with van der Waals surface area (Å²) in [5.74, 6) is 1.31. The number of ether oxygens (including phenoxy) is 2. The molecule has 0 fully saturated rings. The molecule has 0 unspecified atom stereocenters. The molecule has 1 atom stereocenters. The van der Waals surface area contributed by atoms with Gasteiger partial charge in [0.1, 0.15) is 18.1 Å². The zero-order valence-electron chi connectivity index (χ0n) is 12.0. The second kappa shape index (κ2) is 6.39. The Labute approximate surface area is 119 Å². The standard InChI is InChI=1S/C16H19NO3/c1-11-5-4-8-17-15(11)10-20-16-9-13(19-3)6-7-14(16)12(2)18/h4-9,12,18H,10H2,1-3H3/t12-/m0/s1. The molecule has 2 aromatic rings. The quantitative estimate of drug-likeness (QED) is 0.909. The Hall–Kier alpha value is -2.07. The number of pyridine rings is 1. The summed E-state index contributed by atoms with van der Waals surface area (Å²) in [5.41, 5.74) is 2.69. The molecule has 0 aliphatic carbocycles. The molecular formula is C16H19NO3. The fourth-order valence-electron chi connectivity index (χ4n) is 1.93. The Morgan fingerprint density at radius 3 is 2.75 bits per heavy atom. The van der Waals surface area contributed by atoms with Crippen molar-refractivity contribution in [2.45, 2.75) is 26.6 Å². The number of aliphatic hydroxyl groups excluding tert-OH is 1. The number of benzene rings is 1. The predicted octanol–water partition coefficient (Wildman–Crippen LogP) is 3.03. The van der Waals surface area contributed by atoms with E-state index in [1.807, 2.05) is 25.1 Å². The minimum atomic E-state index is -0.597. The lowest BCUT2D eigenvalue weighted by molar-refractivity contribution is 0.189. The van der Waals surface area contributed by atoms with E-state index in [-0.39, 0.29) is 0 Å². The van der Waals surface area contributed by atoms with Crippen LogP contribution in [0.15, 0.2) is 36.5 Å². The van der Waals surface area contributed by atoms with E-state index in [9.17, 15) is 5.11 Å². The summed E-state index contributed by atoms with van der Waals surface area (Å²) in [6.07, 6.45) is 1.15. The van der Waals surface area contributed by atoms with E-state index in [1.165, 1.54) is 0 Å². The van der Waals surface area contributed by atoms with Gasteiger partial charge >= 0.3 is 0 Å². The number of hydrogen-bond acceptors (Lipinski definition) is 4. The van der Waals surface area contributed by atoms with Gasteiger partial charge in [-0.05, 0) is 37.6 Å². The van der Waals surface area contributed by atoms with Crippen LogP contribution in [0.4, 0.5) is 0 Å². The average molecular weight is 273 g/mol. The molecule has 0 aliphatic heterocycles. The molecule has 0 amide bonds. The summed E-state index contributed by atoms with van der Waals surface area (Å²) in [4.78, 5) is 4.29. The van der Waals surface area contributed by atoms with Gasteiger partial charge in [-0.1, -0.05) is 6.07 Å². The minimum Gasteiger partial charge on any atom is -0.497 e. The van der Waals surface area contributed by atoms with E-state index in [4.69, 9.17) is 9.47 Å². The van der Waals surface area contributed by atoms with Gasteiger partial charge in [-0.25, -0.2) is 0 Å². The molecule has 1 aromatic heterocycles. The highest BCUT2D eigenvalue weighted by Crippen LogP contribution is 2.30. The molecule has 0 radical (unpaired) electrons. The maximum Gasteiger partial charge on any atom is 0.130 e. The summed E-state index contributed by atoms with van der Waals surface area (Å²) in [6.45, 7) is 4.06. The average Bonchev–Trinajstić information content (AvgIpc) is 2.46. The molecule has 20 heavy (non-hydrogen) atoms. The molecule has 106 valence electrons. The van der Waals surface area contributed by atoms with Crippen LogP contribution < -0.4 is 9.47 Å². The van der Waals surface area contributed by atoms with Crippen LogP contribution >= 0.6 is 0 Å². The van der Waals surface area contributed by atoms with Gasteiger partial charge in [-0.3, -0.25) is 4.98 Å². The smallest absolute Gasteiger partial charge is 0.130 e. The van der Waals surface area contributed by atoms with Gasteiger partial charge < -0.3 is 14.6 Å². The van der Waals surface area contributed by atoms with Gasteiger partial charge in [0.15, 0.2) is 0 Å². The largest absolute Gasteiger partial charge is 0.497 e. The maximum atomic E-state index is 9.78. The molecule has 1 heterocycles. The molecule has 0 spiro atoms. The summed E-state index contributed by atoms with van der Waals surface area (Å²) in [7, 11) is 1.60. The number of methoxy groups -OCH3 is 1. The summed E-state index contributed by atoms with van der Waals surface area (Å²) >= 11 is 0. The van der Waals surface area contributed by atoms with Crippen molar-refractivity contribution in [3.05, 3.63) is 53.3 Å². The Kier molecular flexibility index (Phi) is 4.58. The Morgan fingerprint density at radius 2 is 2.10 bits per heavy atom. The van der Waals surface area contributed by atoms with Crippen molar-refractivity contribution < 1.29 is 14.6 Å². The Balaban J connectivity index is 2.21. The van der Waals surface area contributed by atoms with Crippen molar-refractivity contribution in [2.75, 3.05) is 7.11 Å². The Bertz CT molecular complexity index is 582. The van der Waals surface area contributed by atoms with Gasteiger partial charge in [0.2, 0.25) is 0 Å². The van der Waals surface area contributed by atoms with Crippen LogP contribution in [0.1, 0.15) is 29.8 Å². The van der Waals surface area contributed by atoms with Crippen molar-refractivity contribution in [1.82, 2.24) is 4.98 Å². The van der Waals surface area contributed by atoms with Crippen LogP contribution in [0.3, 0.4) is 0 Å². The molecule has 1 aromatic carbocycles. The molecule has 0 bridgehead atoms. The second-order valence-corrected chi connectivity index (χ2v) is 4.64. The third-order valence-electron chi connectivity index (χ3n) is 3.15. The number of hydrogen-bond donors (Lipinski definition) is 1. The van der Waals surface area contributed by atoms with Crippen LogP contribution in [0, 0.1) is 6.92 Å². The van der Waals surface area contributed by atoms with E-state index >= 15 is 0 Å². The maximum absolute atomic E-state index is 9.78. The van der Waals surface area contributed by atoms with Crippen molar-refractivity contribution in [1.29, 1.82) is 0 Å². The molecule has 1 N–H and O–H groups in total. The molecule has 0 aliphatic rings. The van der Waals surface area contributed by atoms with E-state index in [0.29, 0.717) is 18.1 Å². The first-order chi connectivity index (χ1) is 9.61. The number of aliphatic hydroxyl groups is 1. The summed E-state index contributed by atoms with van der Waals surface area (Å²) in [6, 6.07) is 9.28. The summed E-state index contributed by atoms with van der Waals surface area (Å²) < 4.78 is 11.0. The van der Waals surface area contributed by atoms with E-state index in [0.717, 1.165) is 16.8 Å². The third kappa shape index (κ3) is 3.27. The highest BCUT2D eigenvalue weighted by Gasteiger charge is 2.11. The molecule has 0 saturated heterocycles. The van der Waals surface area contributed by atoms with Crippen molar-refractivity contribution in [3.63, 3.8) is 0 Å². The topological polar surface area (TPSA) is 51.6 Å². The van der Waals surface area contributed by atoms with Crippen LogP contribution in [0.2, 0.25) is 0 Å². The van der Waals surface area contributed by atoms with Crippen LogP contribution in [0.5, 0.6) is 11.5 Å². The lowest BCUT2D eigenvalue weighted by Gasteiger charge is -2.15. The van der Waals surface area contributed by atoms with Crippen molar-refractivity contribution >= 4 is 0 Å². The van der Waals surface area contributed by atoms with Crippen molar-refractivity contribution in [2.24, 2.45) is 0 Å². The van der Waals surface area contributed by atoms with Gasteiger partial charge in [0, 0.05) is 17.8 Å². The zero-order chi connectivity index (χ0) is 14.5. The molecule has 4 nitrogen and oxygen atoms in total. The molecule has 2 rings (SSSR count). The predicted molar refractivity (Wildman–Crippen MR) is 76.9 cm³/mol. The molecular weight excluding hydrogens is 254 g/mol. The van der Waals surface area contributed by atoms with Crippen molar-refractivity contribution in [3.8, 4) is 11.5 Å². The SMILES string of the molecule is COc1ccc([C@H](C)O)c(OCc2ncccc2C)c1. The molecule has 4 heteroatoms. The van der Waals surface area contributed by atoms with Crippen LogP contribution in [-0.4, -0.2) is 17.2 Å². The fourth-order valence-corrected chi connectivity index (χ4v) is 1.93. The minimum absolute atomic E-state index is 0.361. The summed E-state index contributed by atoms with van der Waals surface area (Å²) in [5, 5.41) is 9.78. The normalized spacial score (nSPS) is 12.0.